The molecule has 0 aliphatic carbocycles. The van der Waals surface area contributed by atoms with Crippen LogP contribution in [0.1, 0.15) is 18.6 Å². The number of hydrogen-bond acceptors (Lipinski definition) is 7. The van der Waals surface area contributed by atoms with Crippen molar-refractivity contribution in [3.63, 3.8) is 0 Å². The molecule has 10 heteroatoms. The van der Waals surface area contributed by atoms with E-state index in [2.05, 4.69) is 31.2 Å². The van der Waals surface area contributed by atoms with Gasteiger partial charge in [-0.15, -0.1) is 0 Å². The monoisotopic (exact) mass is 557 g/mol. The Morgan fingerprint density at radius 2 is 1.77 bits per heavy atom. The first-order valence-corrected chi connectivity index (χ1v) is 11.6. The van der Waals surface area contributed by atoms with E-state index in [1.54, 1.807) is 51.5 Å². The summed E-state index contributed by atoms with van der Waals surface area (Å²) >= 11 is 9.86. The van der Waals surface area contributed by atoms with Crippen molar-refractivity contribution in [2.75, 3.05) is 19.5 Å². The van der Waals surface area contributed by atoms with E-state index in [-0.39, 0.29) is 5.02 Å². The first-order chi connectivity index (χ1) is 16.9. The number of ether oxygens (including phenoxy) is 4. The third-order valence-corrected chi connectivity index (χ3v) is 6.16. The van der Waals surface area contributed by atoms with Crippen LogP contribution in [0, 0.1) is 0 Å². The summed E-state index contributed by atoms with van der Waals surface area (Å²) in [5.41, 5.74) is 1.85. The number of halogens is 2. The van der Waals surface area contributed by atoms with Gasteiger partial charge in [0.05, 0.1) is 35.8 Å². The molecule has 1 aromatic heterocycles. The Hall–Kier alpha value is -3.56. The Morgan fingerprint density at radius 1 is 1.03 bits per heavy atom. The average Bonchev–Trinajstić information content (AvgIpc) is 2.85. The second kappa shape index (κ2) is 10.8. The van der Waals surface area contributed by atoms with Crippen LogP contribution in [0.25, 0.3) is 10.9 Å². The van der Waals surface area contributed by atoms with Crippen molar-refractivity contribution in [3.8, 4) is 23.1 Å². The van der Waals surface area contributed by atoms with Gasteiger partial charge in [0.15, 0.2) is 11.5 Å². The van der Waals surface area contributed by atoms with Gasteiger partial charge in [0.25, 0.3) is 0 Å². The molecular weight excluding hydrogens is 538 g/mol. The number of fused-ring (bicyclic) bond motifs is 1. The molecule has 0 aliphatic heterocycles. The van der Waals surface area contributed by atoms with E-state index in [1.807, 2.05) is 24.3 Å². The lowest BCUT2D eigenvalue weighted by Gasteiger charge is -2.16. The predicted molar refractivity (Wildman–Crippen MR) is 137 cm³/mol. The fourth-order valence-electron chi connectivity index (χ4n) is 3.38. The van der Waals surface area contributed by atoms with Crippen LogP contribution in [0.4, 0.5) is 10.5 Å². The maximum Gasteiger partial charge on any atom is 0.412 e. The molecule has 0 saturated heterocycles. The van der Waals surface area contributed by atoms with E-state index in [0.29, 0.717) is 39.7 Å². The highest BCUT2D eigenvalue weighted by Crippen LogP contribution is 2.37. The fourth-order valence-corrected chi connectivity index (χ4v) is 4.21. The Labute approximate surface area is 215 Å². The highest BCUT2D eigenvalue weighted by atomic mass is 79.9. The third kappa shape index (κ3) is 5.58. The van der Waals surface area contributed by atoms with Crippen LogP contribution in [0.3, 0.4) is 0 Å². The molecule has 8 nitrogen and oxygen atoms in total. The van der Waals surface area contributed by atoms with Gasteiger partial charge in [-0.25, -0.2) is 14.8 Å². The summed E-state index contributed by atoms with van der Waals surface area (Å²) in [6.45, 7) is 1.79. The van der Waals surface area contributed by atoms with Gasteiger partial charge in [-0.3, -0.25) is 5.32 Å². The van der Waals surface area contributed by atoms with Gasteiger partial charge in [-0.1, -0.05) is 45.7 Å². The van der Waals surface area contributed by atoms with E-state index in [0.717, 1.165) is 10.0 Å². The molecule has 35 heavy (non-hydrogen) atoms. The molecule has 0 aliphatic rings. The van der Waals surface area contributed by atoms with E-state index >= 15 is 0 Å². The van der Waals surface area contributed by atoms with Crippen molar-refractivity contribution in [2.45, 2.75) is 13.0 Å². The number of methoxy groups -OCH3 is 2. The van der Waals surface area contributed by atoms with Gasteiger partial charge >= 0.3 is 6.09 Å². The number of aromatic nitrogens is 2. The Balaban J connectivity index is 1.49. The Bertz CT molecular complexity index is 1380. The minimum absolute atomic E-state index is 0.269. The number of carbonyl (C=O) groups excluding carboxylic acids is 1. The summed E-state index contributed by atoms with van der Waals surface area (Å²) in [6, 6.07) is 15.9. The van der Waals surface area contributed by atoms with Gasteiger partial charge in [0, 0.05) is 22.2 Å². The number of carbonyl (C=O) groups is 1. The number of hydrogen-bond donors (Lipinski definition) is 1. The minimum Gasteiger partial charge on any atom is -0.493 e. The lowest BCUT2D eigenvalue weighted by atomic mass is 10.1. The second-order valence-electron chi connectivity index (χ2n) is 7.34. The summed E-state index contributed by atoms with van der Waals surface area (Å²) in [7, 11) is 3.10. The summed E-state index contributed by atoms with van der Waals surface area (Å²) in [5.74, 6) is 1.80. The minimum atomic E-state index is -0.633. The zero-order valence-electron chi connectivity index (χ0n) is 19.0. The molecular formula is C25H21BrClN3O5. The highest BCUT2D eigenvalue weighted by Gasteiger charge is 2.16. The third-order valence-electron chi connectivity index (χ3n) is 5.12. The first-order valence-electron chi connectivity index (χ1n) is 10.5. The smallest absolute Gasteiger partial charge is 0.412 e. The van der Waals surface area contributed by atoms with Crippen LogP contribution in [0.15, 0.2) is 65.4 Å². The molecule has 180 valence electrons. The Morgan fingerprint density at radius 3 is 2.49 bits per heavy atom. The van der Waals surface area contributed by atoms with Crippen LogP contribution < -0.4 is 19.5 Å². The zero-order chi connectivity index (χ0) is 24.9. The molecule has 0 fully saturated rings. The Kier molecular flexibility index (Phi) is 7.57. The first kappa shape index (κ1) is 24.6. The summed E-state index contributed by atoms with van der Waals surface area (Å²) in [6.07, 6.45) is 0.295. The molecule has 0 bridgehead atoms. The standard InChI is InChI=1S/C25H21BrClN3O5/c1-14(16-6-4-5-7-18(16)26)34-25(31)30-20-9-8-15(10-19(20)27)35-24-17-11-22(32-2)23(33-3)12-21(17)28-13-29-24/h4-14H,1-3H3,(H,30,31). The van der Waals surface area contributed by atoms with Gasteiger partial charge in [-0.2, -0.15) is 0 Å². The predicted octanol–water partition coefficient (Wildman–Crippen LogP) is 7.16. The molecule has 0 radical (unpaired) electrons. The number of anilines is 1. The summed E-state index contributed by atoms with van der Waals surface area (Å²) < 4.78 is 23.0. The highest BCUT2D eigenvalue weighted by molar-refractivity contribution is 9.10. The maximum absolute atomic E-state index is 12.4. The van der Waals surface area contributed by atoms with Crippen molar-refractivity contribution in [1.82, 2.24) is 9.97 Å². The molecule has 1 N–H and O–H groups in total. The average molecular weight is 559 g/mol. The van der Waals surface area contributed by atoms with Crippen molar-refractivity contribution in [2.24, 2.45) is 0 Å². The van der Waals surface area contributed by atoms with Crippen LogP contribution in [0.5, 0.6) is 23.1 Å². The van der Waals surface area contributed by atoms with Gasteiger partial charge in [0.1, 0.15) is 18.2 Å². The molecule has 3 aromatic carbocycles. The molecule has 1 amide bonds. The number of nitrogens with zero attached hydrogens (tertiary/aromatic N) is 2. The van der Waals surface area contributed by atoms with E-state index in [1.165, 1.54) is 6.33 Å². The zero-order valence-corrected chi connectivity index (χ0v) is 21.4. The topological polar surface area (TPSA) is 91.8 Å². The molecule has 1 unspecified atom stereocenters. The SMILES string of the molecule is COc1cc2ncnc(Oc3ccc(NC(=O)OC(C)c4ccccc4Br)c(Cl)c3)c2cc1OC. The van der Waals surface area contributed by atoms with Gasteiger partial charge in [0.2, 0.25) is 5.88 Å². The summed E-state index contributed by atoms with van der Waals surface area (Å²) in [5, 5.41) is 3.56. The van der Waals surface area contributed by atoms with Crippen molar-refractivity contribution >= 4 is 50.2 Å². The van der Waals surface area contributed by atoms with E-state index < -0.39 is 12.2 Å². The number of amides is 1. The summed E-state index contributed by atoms with van der Waals surface area (Å²) in [4.78, 5) is 20.9. The number of nitrogens with one attached hydrogen (secondary N) is 1. The maximum atomic E-state index is 12.4. The molecule has 1 heterocycles. The van der Waals surface area contributed by atoms with Crippen LogP contribution in [-0.2, 0) is 4.74 Å². The van der Waals surface area contributed by atoms with Crippen molar-refractivity contribution in [1.29, 1.82) is 0 Å². The van der Waals surface area contributed by atoms with E-state index in [9.17, 15) is 4.79 Å². The number of rotatable bonds is 7. The fraction of sp³-hybridized carbons (Fsp3) is 0.160. The van der Waals surface area contributed by atoms with Crippen LogP contribution >= 0.6 is 27.5 Å². The quantitative estimate of drug-likeness (QED) is 0.257. The van der Waals surface area contributed by atoms with Crippen molar-refractivity contribution in [3.05, 3.63) is 76.0 Å². The normalized spacial score (nSPS) is 11.6. The lowest BCUT2D eigenvalue weighted by molar-refractivity contribution is 0.121. The molecule has 0 spiro atoms. The lowest BCUT2D eigenvalue weighted by Crippen LogP contribution is -2.16. The largest absolute Gasteiger partial charge is 0.493 e. The van der Waals surface area contributed by atoms with Gasteiger partial charge in [-0.05, 0) is 31.2 Å². The second-order valence-corrected chi connectivity index (χ2v) is 8.60. The molecule has 4 aromatic rings. The van der Waals surface area contributed by atoms with E-state index in [4.69, 9.17) is 30.5 Å². The van der Waals surface area contributed by atoms with Crippen molar-refractivity contribution < 1.29 is 23.7 Å². The van der Waals surface area contributed by atoms with Crippen LogP contribution in [-0.4, -0.2) is 30.3 Å². The molecule has 4 rings (SSSR count). The van der Waals surface area contributed by atoms with Gasteiger partial charge < -0.3 is 18.9 Å². The molecule has 1 atom stereocenters. The van der Waals surface area contributed by atoms with Crippen LogP contribution in [0.2, 0.25) is 5.02 Å². The molecule has 0 saturated carbocycles. The number of benzene rings is 3.